The van der Waals surface area contributed by atoms with Crippen LogP contribution in [0.15, 0.2) is 12.1 Å². The Kier molecular flexibility index (Phi) is 5.39. The van der Waals surface area contributed by atoms with Crippen LogP contribution < -0.4 is 0 Å². The van der Waals surface area contributed by atoms with Gasteiger partial charge in [-0.05, 0) is 61.1 Å². The average Bonchev–Trinajstić information content (AvgIpc) is 2.60. The maximum atomic E-state index is 2.45. The average molecular weight is 329 g/mol. The third-order valence-electron chi connectivity index (χ3n) is 7.01. The molecular formula is C23H38N+. The summed E-state index contributed by atoms with van der Waals surface area (Å²) in [6.45, 7) is 15.9. The summed E-state index contributed by atoms with van der Waals surface area (Å²) >= 11 is 0. The van der Waals surface area contributed by atoms with Crippen molar-refractivity contribution in [3.05, 3.63) is 34.4 Å². The lowest BCUT2D eigenvalue weighted by Gasteiger charge is -2.49. The van der Waals surface area contributed by atoms with Gasteiger partial charge in [-0.25, -0.2) is 0 Å². The predicted octanol–water partition coefficient (Wildman–Crippen LogP) is 6.16. The molecular weight excluding hydrogens is 290 g/mol. The molecule has 0 radical (unpaired) electrons. The monoisotopic (exact) mass is 328 g/mol. The second-order valence-electron chi connectivity index (χ2n) is 8.97. The molecule has 1 aliphatic heterocycles. The maximum absolute atomic E-state index is 2.45. The highest BCUT2D eigenvalue weighted by atomic mass is 15.4. The van der Waals surface area contributed by atoms with Crippen LogP contribution in [0.5, 0.6) is 0 Å². The Morgan fingerprint density at radius 1 is 0.917 bits per heavy atom. The molecule has 0 amide bonds. The molecule has 0 saturated heterocycles. The Morgan fingerprint density at radius 3 is 2.04 bits per heavy atom. The first-order valence-electron chi connectivity index (χ1n) is 10.5. The number of hydrogen-bond donors (Lipinski definition) is 0. The number of rotatable bonds is 4. The molecule has 1 aromatic carbocycles. The molecule has 24 heavy (non-hydrogen) atoms. The Hall–Kier alpha value is -0.820. The van der Waals surface area contributed by atoms with Crippen molar-refractivity contribution in [1.29, 1.82) is 0 Å². The largest absolute Gasteiger partial charge is 0.317 e. The minimum atomic E-state index is 0.642. The molecule has 2 aliphatic rings. The summed E-state index contributed by atoms with van der Waals surface area (Å²) in [6, 6.07) is 5.81. The Labute approximate surface area is 150 Å². The van der Waals surface area contributed by atoms with Gasteiger partial charge in [0.2, 0.25) is 0 Å². The lowest BCUT2D eigenvalue weighted by atomic mass is 9.81. The zero-order valence-electron chi connectivity index (χ0n) is 16.7. The van der Waals surface area contributed by atoms with Crippen LogP contribution in [0.2, 0.25) is 0 Å². The quantitative estimate of drug-likeness (QED) is 0.581. The highest BCUT2D eigenvalue weighted by Gasteiger charge is 2.40. The molecule has 1 unspecified atom stereocenters. The number of nitrogens with zero attached hydrogens (tertiary/aromatic N) is 1. The van der Waals surface area contributed by atoms with Crippen molar-refractivity contribution < 1.29 is 4.48 Å². The van der Waals surface area contributed by atoms with Crippen LogP contribution in [0.25, 0.3) is 0 Å². The second kappa shape index (κ2) is 7.20. The van der Waals surface area contributed by atoms with Gasteiger partial charge in [-0.1, -0.05) is 46.2 Å². The van der Waals surface area contributed by atoms with Gasteiger partial charge in [0.05, 0.1) is 19.1 Å². The first-order chi connectivity index (χ1) is 11.5. The van der Waals surface area contributed by atoms with Crippen LogP contribution in [0.3, 0.4) is 0 Å². The molecule has 1 heterocycles. The van der Waals surface area contributed by atoms with E-state index in [2.05, 4.69) is 46.8 Å². The third kappa shape index (κ3) is 3.17. The number of fused-ring (bicyclic) bond motifs is 1. The first kappa shape index (κ1) is 18.0. The second-order valence-corrected chi connectivity index (χ2v) is 8.97. The van der Waals surface area contributed by atoms with Crippen molar-refractivity contribution in [2.45, 2.75) is 97.6 Å². The number of quaternary nitrogens is 1. The highest BCUT2D eigenvalue weighted by molar-refractivity contribution is 5.44. The molecule has 0 N–H and O–H groups in total. The predicted molar refractivity (Wildman–Crippen MR) is 105 cm³/mol. The topological polar surface area (TPSA) is 0 Å². The van der Waals surface area contributed by atoms with E-state index in [1.807, 2.05) is 0 Å². The fraction of sp³-hybridized carbons (Fsp3) is 0.739. The van der Waals surface area contributed by atoms with Crippen molar-refractivity contribution in [3.8, 4) is 0 Å². The van der Waals surface area contributed by atoms with Gasteiger partial charge in [-0.2, -0.15) is 0 Å². The van der Waals surface area contributed by atoms with Gasteiger partial charge >= 0.3 is 0 Å². The Bertz CT molecular complexity index is 566. The molecule has 0 bridgehead atoms. The molecule has 1 aliphatic carbocycles. The number of likely N-dealkylation sites (N-methyl/N-ethyl adjacent to an activating group) is 1. The van der Waals surface area contributed by atoms with Crippen LogP contribution in [-0.2, 0) is 13.0 Å². The van der Waals surface area contributed by atoms with Gasteiger partial charge in [0.25, 0.3) is 0 Å². The van der Waals surface area contributed by atoms with E-state index in [0.717, 1.165) is 6.04 Å². The smallest absolute Gasteiger partial charge is 0.105 e. The molecule has 1 nitrogen and oxygen atoms in total. The molecule has 3 rings (SSSR count). The summed E-state index contributed by atoms with van der Waals surface area (Å²) in [4.78, 5) is 0. The van der Waals surface area contributed by atoms with Gasteiger partial charge in [0, 0.05) is 12.0 Å². The molecule has 0 spiro atoms. The van der Waals surface area contributed by atoms with E-state index in [-0.39, 0.29) is 0 Å². The molecule has 134 valence electrons. The lowest BCUT2D eigenvalue weighted by molar-refractivity contribution is -0.965. The zero-order chi connectivity index (χ0) is 17.3. The van der Waals surface area contributed by atoms with E-state index < -0.39 is 0 Å². The van der Waals surface area contributed by atoms with E-state index in [9.17, 15) is 0 Å². The van der Waals surface area contributed by atoms with Crippen LogP contribution in [0.1, 0.15) is 101 Å². The van der Waals surface area contributed by atoms with Gasteiger partial charge < -0.3 is 4.48 Å². The molecule has 1 heteroatoms. The van der Waals surface area contributed by atoms with E-state index >= 15 is 0 Å². The highest BCUT2D eigenvalue weighted by Crippen LogP contribution is 2.39. The van der Waals surface area contributed by atoms with Crippen molar-refractivity contribution >= 4 is 0 Å². The Balaban J connectivity index is 2.02. The van der Waals surface area contributed by atoms with Gasteiger partial charge in [0.1, 0.15) is 6.54 Å². The minimum Gasteiger partial charge on any atom is -0.317 e. The summed E-state index contributed by atoms with van der Waals surface area (Å²) in [5.41, 5.74) is 6.69. The van der Waals surface area contributed by atoms with Crippen LogP contribution >= 0.6 is 0 Å². The standard InChI is InChI=1S/C23H38N/c1-6-24(19-10-8-7-9-11-19)15-14-22-20(17(2)3)12-13-21(18(4)5)23(22)16-24/h12-13,17-19H,6-11,14-16H2,1-5H3/q+1. The molecule has 1 saturated carbocycles. The van der Waals surface area contributed by atoms with E-state index in [4.69, 9.17) is 0 Å². The number of hydrogen-bond acceptors (Lipinski definition) is 0. The summed E-state index contributed by atoms with van der Waals surface area (Å²) in [5.74, 6) is 1.29. The summed E-state index contributed by atoms with van der Waals surface area (Å²) < 4.78 is 1.37. The van der Waals surface area contributed by atoms with Gasteiger partial charge in [0.15, 0.2) is 0 Å². The Morgan fingerprint density at radius 2 is 1.50 bits per heavy atom. The number of benzene rings is 1. The van der Waals surface area contributed by atoms with E-state index in [0.29, 0.717) is 11.8 Å². The van der Waals surface area contributed by atoms with E-state index in [1.54, 1.807) is 22.3 Å². The van der Waals surface area contributed by atoms with Gasteiger partial charge in [-0.3, -0.25) is 0 Å². The third-order valence-corrected chi connectivity index (χ3v) is 7.01. The van der Waals surface area contributed by atoms with Crippen LogP contribution in [0.4, 0.5) is 0 Å². The normalized spacial score (nSPS) is 25.3. The summed E-state index contributed by atoms with van der Waals surface area (Å²) in [5, 5.41) is 0. The minimum absolute atomic E-state index is 0.642. The zero-order valence-corrected chi connectivity index (χ0v) is 16.7. The SMILES string of the molecule is CC[N+]1(C2CCCCC2)CCc2c(C(C)C)ccc(C(C)C)c2C1. The maximum Gasteiger partial charge on any atom is 0.105 e. The fourth-order valence-corrected chi connectivity index (χ4v) is 5.49. The van der Waals surface area contributed by atoms with Crippen molar-refractivity contribution in [2.24, 2.45) is 0 Å². The molecule has 1 fully saturated rings. The van der Waals surface area contributed by atoms with Crippen LogP contribution in [0, 0.1) is 0 Å². The van der Waals surface area contributed by atoms with Gasteiger partial charge in [-0.15, -0.1) is 0 Å². The molecule has 1 atom stereocenters. The van der Waals surface area contributed by atoms with E-state index in [1.165, 1.54) is 62.6 Å². The van der Waals surface area contributed by atoms with Crippen molar-refractivity contribution in [2.75, 3.05) is 13.1 Å². The molecule has 1 aromatic rings. The molecule has 0 aromatic heterocycles. The summed E-state index contributed by atoms with van der Waals surface area (Å²) in [7, 11) is 0. The lowest BCUT2D eigenvalue weighted by Crippen LogP contribution is -2.58. The van der Waals surface area contributed by atoms with Crippen molar-refractivity contribution in [3.63, 3.8) is 0 Å². The first-order valence-corrected chi connectivity index (χ1v) is 10.5. The van der Waals surface area contributed by atoms with Crippen LogP contribution in [-0.4, -0.2) is 23.6 Å². The fourth-order valence-electron chi connectivity index (χ4n) is 5.49. The summed E-state index contributed by atoms with van der Waals surface area (Å²) in [6.07, 6.45) is 8.61. The van der Waals surface area contributed by atoms with Crippen molar-refractivity contribution in [1.82, 2.24) is 0 Å².